The molecule has 21 heavy (non-hydrogen) atoms. The largest absolute Gasteiger partial charge is 0.461 e. The van der Waals surface area contributed by atoms with E-state index in [-0.39, 0.29) is 31.1 Å². The molecule has 0 aromatic carbocycles. The third-order valence-electron chi connectivity index (χ3n) is 2.71. The highest BCUT2D eigenvalue weighted by atomic mass is 32.2. The molecule has 120 valence electrons. The summed E-state index contributed by atoms with van der Waals surface area (Å²) < 4.78 is 54.2. The highest BCUT2D eigenvalue weighted by Crippen LogP contribution is 2.22. The summed E-state index contributed by atoms with van der Waals surface area (Å²) in [5.41, 5.74) is -1.19. The molecule has 0 atom stereocenters. The number of esters is 1. The normalized spacial score (nSPS) is 11.9. The number of aryl methyl sites for hydroxylation is 1. The van der Waals surface area contributed by atoms with Crippen molar-refractivity contribution in [3.05, 3.63) is 11.4 Å². The van der Waals surface area contributed by atoms with Crippen LogP contribution < -0.4 is 0 Å². The Bertz CT molecular complexity index is 586. The molecule has 0 unspecified atom stereocenters. The summed E-state index contributed by atoms with van der Waals surface area (Å²) in [6.45, 7) is 3.02. The second kappa shape index (κ2) is 7.43. The zero-order chi connectivity index (χ0) is 16.0. The van der Waals surface area contributed by atoms with E-state index in [9.17, 15) is 22.0 Å². The maximum absolute atomic E-state index is 13.0. The van der Waals surface area contributed by atoms with E-state index >= 15 is 0 Å². The standard InChI is InChI=1S/C11H17F2N3O4S/c1-3-20-11(17)8-9(10(12)13)16(15-14-8)6-5-7-21(18,19)4-2/h10H,3-7H2,1-2H3. The molecule has 0 radical (unpaired) electrons. The summed E-state index contributed by atoms with van der Waals surface area (Å²) in [5, 5.41) is 6.88. The molecule has 1 heterocycles. The molecule has 0 fully saturated rings. The summed E-state index contributed by atoms with van der Waals surface area (Å²) >= 11 is 0. The number of carbonyl (C=O) groups is 1. The van der Waals surface area contributed by atoms with Crippen molar-refractivity contribution in [2.75, 3.05) is 18.1 Å². The van der Waals surface area contributed by atoms with Crippen molar-refractivity contribution < 1.29 is 26.7 Å². The predicted molar refractivity (Wildman–Crippen MR) is 69.9 cm³/mol. The summed E-state index contributed by atoms with van der Waals surface area (Å²) in [6.07, 6.45) is -2.84. The number of carbonyl (C=O) groups excluding carboxylic acids is 1. The first-order valence-electron chi connectivity index (χ1n) is 6.41. The van der Waals surface area contributed by atoms with Crippen LogP contribution in [0.1, 0.15) is 42.9 Å². The Balaban J connectivity index is 2.86. The summed E-state index contributed by atoms with van der Waals surface area (Å²) in [5.74, 6) is -1.12. The monoisotopic (exact) mass is 325 g/mol. The van der Waals surface area contributed by atoms with Gasteiger partial charge >= 0.3 is 5.97 Å². The van der Waals surface area contributed by atoms with Crippen molar-refractivity contribution in [1.29, 1.82) is 0 Å². The number of rotatable bonds is 8. The first kappa shape index (κ1) is 17.5. The van der Waals surface area contributed by atoms with Crippen LogP contribution in [0.25, 0.3) is 0 Å². The van der Waals surface area contributed by atoms with Crippen LogP contribution in [-0.4, -0.2) is 47.5 Å². The second-order valence-corrected chi connectivity index (χ2v) is 6.63. The lowest BCUT2D eigenvalue weighted by Gasteiger charge is -2.07. The fourth-order valence-electron chi connectivity index (χ4n) is 1.62. The quantitative estimate of drug-likeness (QED) is 0.667. The number of halogens is 2. The van der Waals surface area contributed by atoms with Gasteiger partial charge in [0.25, 0.3) is 6.43 Å². The van der Waals surface area contributed by atoms with E-state index in [0.717, 1.165) is 4.68 Å². The molecule has 0 aliphatic carbocycles. The van der Waals surface area contributed by atoms with Gasteiger partial charge in [0, 0.05) is 12.3 Å². The fraction of sp³-hybridized carbons (Fsp3) is 0.727. The molecule has 0 spiro atoms. The van der Waals surface area contributed by atoms with Crippen molar-refractivity contribution >= 4 is 15.8 Å². The van der Waals surface area contributed by atoms with Crippen LogP contribution in [0.3, 0.4) is 0 Å². The minimum atomic E-state index is -3.18. The Morgan fingerprint density at radius 2 is 2.05 bits per heavy atom. The maximum Gasteiger partial charge on any atom is 0.361 e. The Kier molecular flexibility index (Phi) is 6.19. The Hall–Kier alpha value is -1.58. The van der Waals surface area contributed by atoms with Crippen molar-refractivity contribution in [3.8, 4) is 0 Å². The molecule has 1 aromatic rings. The molecule has 0 amide bonds. The molecule has 0 saturated carbocycles. The fourth-order valence-corrected chi connectivity index (χ4v) is 2.48. The van der Waals surface area contributed by atoms with Crippen LogP contribution in [0.2, 0.25) is 0 Å². The molecule has 1 rings (SSSR count). The van der Waals surface area contributed by atoms with E-state index in [2.05, 4.69) is 15.0 Å². The van der Waals surface area contributed by atoms with Gasteiger partial charge in [0.05, 0.1) is 12.4 Å². The topological polar surface area (TPSA) is 91.2 Å². The zero-order valence-electron chi connectivity index (χ0n) is 11.8. The highest BCUT2D eigenvalue weighted by Gasteiger charge is 2.27. The highest BCUT2D eigenvalue weighted by molar-refractivity contribution is 7.91. The van der Waals surface area contributed by atoms with Gasteiger partial charge in [0.15, 0.2) is 5.69 Å². The molecule has 0 aliphatic heterocycles. The number of aromatic nitrogens is 3. The third kappa shape index (κ3) is 4.73. The maximum atomic E-state index is 13.0. The van der Waals surface area contributed by atoms with Gasteiger partial charge in [-0.15, -0.1) is 5.10 Å². The summed E-state index contributed by atoms with van der Waals surface area (Å²) in [7, 11) is -3.18. The number of ether oxygens (including phenoxy) is 1. The lowest BCUT2D eigenvalue weighted by Crippen LogP contribution is -2.14. The van der Waals surface area contributed by atoms with Crippen LogP contribution in [0, 0.1) is 0 Å². The molecule has 0 aliphatic rings. The lowest BCUT2D eigenvalue weighted by atomic mass is 10.3. The minimum Gasteiger partial charge on any atom is -0.461 e. The number of sulfone groups is 1. The lowest BCUT2D eigenvalue weighted by molar-refractivity contribution is 0.0506. The van der Waals surface area contributed by atoms with E-state index in [4.69, 9.17) is 0 Å². The molecule has 1 aromatic heterocycles. The van der Waals surface area contributed by atoms with Crippen LogP contribution in [0.15, 0.2) is 0 Å². The average molecular weight is 325 g/mol. The van der Waals surface area contributed by atoms with Gasteiger partial charge in [-0.3, -0.25) is 0 Å². The smallest absolute Gasteiger partial charge is 0.361 e. The predicted octanol–water partition coefficient (Wildman–Crippen LogP) is 1.22. The summed E-state index contributed by atoms with van der Waals surface area (Å²) in [6, 6.07) is 0. The zero-order valence-corrected chi connectivity index (χ0v) is 12.6. The average Bonchev–Trinajstić information content (AvgIpc) is 2.83. The van der Waals surface area contributed by atoms with Gasteiger partial charge in [-0.1, -0.05) is 12.1 Å². The number of hydrogen-bond donors (Lipinski definition) is 0. The SMILES string of the molecule is CCOC(=O)c1nnn(CCCS(=O)(=O)CC)c1C(F)F. The Morgan fingerprint density at radius 3 is 2.57 bits per heavy atom. The molecular formula is C11H17F2N3O4S. The van der Waals surface area contributed by atoms with Crippen molar-refractivity contribution in [1.82, 2.24) is 15.0 Å². The number of nitrogens with zero attached hydrogens (tertiary/aromatic N) is 3. The van der Waals surface area contributed by atoms with Crippen LogP contribution in [0.4, 0.5) is 8.78 Å². The first-order chi connectivity index (χ1) is 9.82. The van der Waals surface area contributed by atoms with E-state index in [1.165, 1.54) is 6.92 Å². The van der Waals surface area contributed by atoms with Crippen molar-refractivity contribution in [2.45, 2.75) is 33.2 Å². The minimum absolute atomic E-state index is 0.0138. The van der Waals surface area contributed by atoms with Gasteiger partial charge < -0.3 is 4.74 Å². The molecule has 7 nitrogen and oxygen atoms in total. The molecule has 10 heteroatoms. The van der Waals surface area contributed by atoms with Gasteiger partial charge in [0.1, 0.15) is 15.5 Å². The van der Waals surface area contributed by atoms with E-state index in [1.54, 1.807) is 6.92 Å². The van der Waals surface area contributed by atoms with Gasteiger partial charge in [0.2, 0.25) is 0 Å². The Labute approximate surface area is 121 Å². The second-order valence-electron chi connectivity index (χ2n) is 4.16. The molecule has 0 saturated heterocycles. The first-order valence-corrected chi connectivity index (χ1v) is 8.23. The van der Waals surface area contributed by atoms with Crippen molar-refractivity contribution in [3.63, 3.8) is 0 Å². The number of alkyl halides is 2. The molecule has 0 bridgehead atoms. The molecular weight excluding hydrogens is 308 g/mol. The van der Waals surface area contributed by atoms with Crippen LogP contribution >= 0.6 is 0 Å². The van der Waals surface area contributed by atoms with E-state index in [0.29, 0.717) is 0 Å². The third-order valence-corrected chi connectivity index (χ3v) is 4.50. The van der Waals surface area contributed by atoms with Gasteiger partial charge in [-0.2, -0.15) is 0 Å². The summed E-state index contributed by atoms with van der Waals surface area (Å²) in [4.78, 5) is 11.5. The van der Waals surface area contributed by atoms with Crippen LogP contribution in [0.5, 0.6) is 0 Å². The van der Waals surface area contributed by atoms with E-state index in [1.807, 2.05) is 0 Å². The Morgan fingerprint density at radius 1 is 1.38 bits per heavy atom. The van der Waals surface area contributed by atoms with Gasteiger partial charge in [-0.25, -0.2) is 26.7 Å². The molecule has 0 N–H and O–H groups in total. The van der Waals surface area contributed by atoms with E-state index < -0.39 is 33.6 Å². The number of hydrogen-bond acceptors (Lipinski definition) is 6. The van der Waals surface area contributed by atoms with Gasteiger partial charge in [-0.05, 0) is 13.3 Å². The van der Waals surface area contributed by atoms with Crippen molar-refractivity contribution in [2.24, 2.45) is 0 Å². The van der Waals surface area contributed by atoms with Crippen LogP contribution in [-0.2, 0) is 21.1 Å².